The van der Waals surface area contributed by atoms with Gasteiger partial charge in [-0.2, -0.15) is 13.2 Å². The number of amides is 3. The second-order valence-electron chi connectivity index (χ2n) is 13.8. The Bertz CT molecular complexity index is 1370. The van der Waals surface area contributed by atoms with Gasteiger partial charge in [0, 0.05) is 13.1 Å². The molecule has 50 heavy (non-hydrogen) atoms. The zero-order valence-corrected chi connectivity index (χ0v) is 29.0. The summed E-state index contributed by atoms with van der Waals surface area (Å²) in [5, 5.41) is 27.2. The molecule has 5 atom stereocenters. The highest BCUT2D eigenvalue weighted by molar-refractivity contribution is 5.94. The fourth-order valence-corrected chi connectivity index (χ4v) is 6.32. The van der Waals surface area contributed by atoms with Gasteiger partial charge in [0.1, 0.15) is 0 Å². The maximum Gasteiger partial charge on any atom is 0.449 e. The Morgan fingerprint density at radius 1 is 1.06 bits per heavy atom. The van der Waals surface area contributed by atoms with Crippen molar-refractivity contribution < 1.29 is 47.1 Å². The largest absolute Gasteiger partial charge is 0.449 e. The first-order chi connectivity index (χ1) is 23.5. The van der Waals surface area contributed by atoms with Crippen molar-refractivity contribution in [1.29, 1.82) is 0 Å². The number of β-amino-alcohol motifs (C(OH)–C–C–N with tert-alkyl or cyclic N) is 1. The quantitative estimate of drug-likeness (QED) is 0.120. The maximum atomic E-state index is 13.3. The highest BCUT2D eigenvalue weighted by atomic mass is 19.4. The van der Waals surface area contributed by atoms with E-state index in [1.54, 1.807) is 19.5 Å². The number of carbonyl (C=O) groups is 3. The van der Waals surface area contributed by atoms with Crippen molar-refractivity contribution in [3.63, 3.8) is 0 Å². The van der Waals surface area contributed by atoms with Crippen molar-refractivity contribution in [2.75, 3.05) is 19.6 Å². The fourth-order valence-electron chi connectivity index (χ4n) is 6.32. The van der Waals surface area contributed by atoms with E-state index in [4.69, 9.17) is 10.9 Å². The second-order valence-corrected chi connectivity index (χ2v) is 13.8. The smallest absolute Gasteiger partial charge is 0.446 e. The van der Waals surface area contributed by atoms with Crippen molar-refractivity contribution >= 4 is 17.7 Å². The highest BCUT2D eigenvalue weighted by Crippen LogP contribution is 2.39. The van der Waals surface area contributed by atoms with Crippen LogP contribution < -0.4 is 27.3 Å². The Hall–Kier alpha value is -3.54. The van der Waals surface area contributed by atoms with Crippen molar-refractivity contribution in [2.24, 2.45) is 17.6 Å². The minimum Gasteiger partial charge on any atom is -0.446 e. The summed E-state index contributed by atoms with van der Waals surface area (Å²) in [6, 6.07) is 9.47. The second kappa shape index (κ2) is 18.6. The van der Waals surface area contributed by atoms with Crippen molar-refractivity contribution in [2.45, 2.75) is 102 Å². The maximum absolute atomic E-state index is 13.3. The molecule has 3 amide bonds. The van der Waals surface area contributed by atoms with Crippen molar-refractivity contribution in [1.82, 2.24) is 26.5 Å². The van der Waals surface area contributed by atoms with Gasteiger partial charge in [-0.1, -0.05) is 55.2 Å². The number of piperidine rings is 1. The van der Waals surface area contributed by atoms with Gasteiger partial charge < -0.3 is 31.2 Å². The van der Waals surface area contributed by atoms with E-state index < -0.39 is 59.9 Å². The van der Waals surface area contributed by atoms with Crippen LogP contribution >= 0.6 is 0 Å². The van der Waals surface area contributed by atoms with Crippen LogP contribution in [0.4, 0.5) is 13.2 Å². The molecule has 1 saturated heterocycles. The Labute approximate surface area is 290 Å². The van der Waals surface area contributed by atoms with E-state index >= 15 is 0 Å². The predicted molar refractivity (Wildman–Crippen MR) is 177 cm³/mol. The van der Waals surface area contributed by atoms with Crippen LogP contribution in [0, 0.1) is 11.8 Å². The predicted octanol–water partition coefficient (Wildman–Crippen LogP) is 3.11. The van der Waals surface area contributed by atoms with Crippen LogP contribution in [0.15, 0.2) is 46.9 Å². The summed E-state index contributed by atoms with van der Waals surface area (Å²) in [6.45, 7) is 7.23. The lowest BCUT2D eigenvalue weighted by molar-refractivity contribution is -0.153. The molecule has 280 valence electrons. The third kappa shape index (κ3) is 13.3. The molecule has 2 aliphatic rings. The standard InChI is InChI=1S/C31H42F3N5O5.C3H9NO2/c1-30(2,35)38-28(42)23-15-20-10-6-7-11-21(20)17-39(23)18-24(40)22(14-19-8-4-3-5-9-19)37-27(41)16-36-29(43)25-12-13-26(44-25)31(32,33)34;1-3(2)6-4-5/h3-5,8-9,12-13,20-24,40H,6-7,10-11,14-18,35H2,1-2H3,(H,36,43)(H,37,41)(H,38,42);3-5H,1-2H3. The third-order valence-electron chi connectivity index (χ3n) is 8.59. The molecule has 4 rings (SSSR count). The Morgan fingerprint density at radius 3 is 2.28 bits per heavy atom. The molecule has 2 heterocycles. The lowest BCUT2D eigenvalue weighted by Crippen LogP contribution is -2.62. The first kappa shape index (κ1) is 40.9. The number of rotatable bonds is 13. The molecule has 8 N–H and O–H groups in total. The number of fused-ring (bicyclic) bond motifs is 1. The number of aliphatic hydroxyl groups is 1. The number of alkyl halides is 3. The molecule has 2 aromatic rings. The molecular formula is C34H51F3N6O7. The SMILES string of the molecule is CC(C)(N)NC(=O)C1CC2CCCCC2CN1CC(O)C(Cc1ccccc1)NC(=O)CNC(=O)c1ccc(C(F)(F)F)o1.CC(C)ONO. The number of nitrogens with two attached hydrogens (primary N) is 1. The summed E-state index contributed by atoms with van der Waals surface area (Å²) in [7, 11) is 0. The van der Waals surface area contributed by atoms with Gasteiger partial charge in [0.2, 0.25) is 17.6 Å². The zero-order chi connectivity index (χ0) is 37.1. The number of nitrogens with zero attached hydrogens (tertiary/aromatic N) is 1. The molecule has 0 spiro atoms. The molecule has 13 nitrogen and oxygen atoms in total. The van der Waals surface area contributed by atoms with Gasteiger partial charge in [-0.25, -0.2) is 0 Å². The summed E-state index contributed by atoms with van der Waals surface area (Å²) in [5.41, 5.74) is 7.59. The monoisotopic (exact) mass is 712 g/mol. The van der Waals surface area contributed by atoms with E-state index in [9.17, 15) is 32.7 Å². The molecule has 16 heteroatoms. The van der Waals surface area contributed by atoms with E-state index in [1.807, 2.05) is 49.1 Å². The molecule has 5 unspecified atom stereocenters. The van der Waals surface area contributed by atoms with Gasteiger partial charge in [-0.3, -0.25) is 29.3 Å². The van der Waals surface area contributed by atoms with E-state index in [0.717, 1.165) is 37.3 Å². The molecule has 2 fully saturated rings. The number of hydrogen-bond donors (Lipinski definition) is 7. The van der Waals surface area contributed by atoms with Gasteiger partial charge >= 0.3 is 6.18 Å². The number of halogens is 3. The minimum atomic E-state index is -4.75. The number of benzene rings is 1. The molecule has 1 aromatic heterocycles. The number of hydrogen-bond acceptors (Lipinski definition) is 10. The zero-order valence-electron chi connectivity index (χ0n) is 29.0. The summed E-state index contributed by atoms with van der Waals surface area (Å²) >= 11 is 0. The Kier molecular flexibility index (Phi) is 15.2. The molecule has 1 aliphatic heterocycles. The normalized spacial score (nSPS) is 20.9. The summed E-state index contributed by atoms with van der Waals surface area (Å²) in [5.74, 6) is -2.92. The van der Waals surface area contributed by atoms with Gasteiger partial charge in [0.15, 0.2) is 5.76 Å². The lowest BCUT2D eigenvalue weighted by Gasteiger charge is -2.47. The van der Waals surface area contributed by atoms with Crippen LogP contribution in [-0.2, 0) is 27.0 Å². The van der Waals surface area contributed by atoms with Crippen LogP contribution in [0.5, 0.6) is 0 Å². The van der Waals surface area contributed by atoms with Gasteiger partial charge in [0.05, 0.1) is 36.5 Å². The number of furan rings is 1. The fraction of sp³-hybridized carbons (Fsp3) is 0.618. The van der Waals surface area contributed by atoms with Gasteiger partial charge in [-0.15, -0.1) is 0 Å². The summed E-state index contributed by atoms with van der Waals surface area (Å²) in [4.78, 5) is 44.9. The third-order valence-corrected chi connectivity index (χ3v) is 8.59. The molecular weight excluding hydrogens is 661 g/mol. The topological polar surface area (TPSA) is 191 Å². The average Bonchev–Trinajstić information content (AvgIpc) is 3.55. The van der Waals surface area contributed by atoms with E-state index in [0.29, 0.717) is 30.9 Å². The van der Waals surface area contributed by atoms with Crippen LogP contribution in [0.1, 0.15) is 81.7 Å². The van der Waals surface area contributed by atoms with E-state index in [-0.39, 0.29) is 25.0 Å². The van der Waals surface area contributed by atoms with Crippen LogP contribution in [0.2, 0.25) is 0 Å². The van der Waals surface area contributed by atoms with Gasteiger partial charge in [-0.05, 0) is 76.5 Å². The van der Waals surface area contributed by atoms with Crippen LogP contribution in [0.3, 0.4) is 0 Å². The number of carbonyl (C=O) groups excluding carboxylic acids is 3. The van der Waals surface area contributed by atoms with Gasteiger partial charge in [0.25, 0.3) is 5.91 Å². The lowest BCUT2D eigenvalue weighted by atomic mass is 9.72. The van der Waals surface area contributed by atoms with Crippen LogP contribution in [-0.4, -0.2) is 82.5 Å². The summed E-state index contributed by atoms with van der Waals surface area (Å²) in [6.07, 6.45) is -0.508. The summed E-state index contributed by atoms with van der Waals surface area (Å²) < 4.78 is 43.0. The molecule has 0 bridgehead atoms. The number of aliphatic hydroxyl groups excluding tert-OH is 1. The number of likely N-dealkylation sites (tertiary alicyclic amines) is 1. The highest BCUT2D eigenvalue weighted by Gasteiger charge is 2.42. The van der Waals surface area contributed by atoms with E-state index in [2.05, 4.69) is 25.2 Å². The average molecular weight is 713 g/mol. The van der Waals surface area contributed by atoms with Crippen molar-refractivity contribution in [3.05, 3.63) is 59.5 Å². The van der Waals surface area contributed by atoms with Crippen molar-refractivity contribution in [3.8, 4) is 0 Å². The first-order valence-corrected chi connectivity index (χ1v) is 16.8. The molecule has 0 radical (unpaired) electrons. The molecule has 1 aromatic carbocycles. The van der Waals surface area contributed by atoms with E-state index in [1.165, 1.54) is 0 Å². The first-order valence-electron chi connectivity index (χ1n) is 16.8. The Balaban J connectivity index is 0.00000103. The van der Waals surface area contributed by atoms with Crippen LogP contribution in [0.25, 0.3) is 0 Å². The Morgan fingerprint density at radius 2 is 1.72 bits per heavy atom. The molecule has 1 aliphatic carbocycles. The molecule has 1 saturated carbocycles. The number of nitrogens with one attached hydrogen (secondary N) is 4. The minimum absolute atomic E-state index is 0.0370.